The fraction of sp³-hybridized carbons (Fsp3) is 1.00. The minimum Gasteiger partial charge on any atom is -0.390 e. The van der Waals surface area contributed by atoms with Gasteiger partial charge in [-0.3, -0.25) is 4.90 Å². The second-order valence-corrected chi connectivity index (χ2v) is 5.99. The van der Waals surface area contributed by atoms with Crippen LogP contribution in [-0.2, 0) is 4.74 Å². The molecule has 3 heteroatoms. The third-order valence-corrected chi connectivity index (χ3v) is 4.89. The van der Waals surface area contributed by atoms with E-state index < -0.39 is 0 Å². The molecule has 1 aliphatic carbocycles. The lowest BCUT2D eigenvalue weighted by Gasteiger charge is -2.39. The van der Waals surface area contributed by atoms with Gasteiger partial charge in [0.2, 0.25) is 0 Å². The van der Waals surface area contributed by atoms with Crippen LogP contribution in [0.3, 0.4) is 0 Å². The summed E-state index contributed by atoms with van der Waals surface area (Å²) in [7, 11) is 0. The Bertz CT molecular complexity index is 223. The van der Waals surface area contributed by atoms with E-state index in [2.05, 4.69) is 18.7 Å². The van der Waals surface area contributed by atoms with Crippen LogP contribution in [0.4, 0.5) is 0 Å². The van der Waals surface area contributed by atoms with Gasteiger partial charge in [0.15, 0.2) is 0 Å². The molecule has 2 aliphatic rings. The molecule has 1 saturated carbocycles. The molecule has 1 saturated heterocycles. The van der Waals surface area contributed by atoms with Gasteiger partial charge < -0.3 is 9.84 Å². The Morgan fingerprint density at radius 2 is 2.17 bits per heavy atom. The molecular formula is C15H29NO2. The van der Waals surface area contributed by atoms with Gasteiger partial charge in [0.1, 0.15) is 0 Å². The molecule has 0 spiro atoms. The lowest BCUT2D eigenvalue weighted by atomic mass is 9.76. The van der Waals surface area contributed by atoms with Crippen molar-refractivity contribution in [3.05, 3.63) is 0 Å². The number of aliphatic hydroxyl groups excluding tert-OH is 1. The summed E-state index contributed by atoms with van der Waals surface area (Å²) in [5.74, 6) is 1.29. The molecule has 106 valence electrons. The van der Waals surface area contributed by atoms with Crippen molar-refractivity contribution in [3.63, 3.8) is 0 Å². The number of morpholine rings is 1. The topological polar surface area (TPSA) is 32.7 Å². The Kier molecular flexibility index (Phi) is 5.46. The summed E-state index contributed by atoms with van der Waals surface area (Å²) in [6, 6.07) is 0. The molecule has 4 atom stereocenters. The highest BCUT2D eigenvalue weighted by molar-refractivity contribution is 4.85. The van der Waals surface area contributed by atoms with E-state index in [1.54, 1.807) is 0 Å². The highest BCUT2D eigenvalue weighted by Crippen LogP contribution is 2.34. The highest BCUT2D eigenvalue weighted by Gasteiger charge is 2.34. The third-order valence-electron chi connectivity index (χ3n) is 4.89. The molecule has 0 bridgehead atoms. The van der Waals surface area contributed by atoms with Crippen molar-refractivity contribution in [2.24, 2.45) is 11.8 Å². The van der Waals surface area contributed by atoms with Crippen LogP contribution in [0.25, 0.3) is 0 Å². The minimum absolute atomic E-state index is 0.0410. The molecule has 0 aromatic rings. The van der Waals surface area contributed by atoms with E-state index >= 15 is 0 Å². The monoisotopic (exact) mass is 255 g/mol. The van der Waals surface area contributed by atoms with Gasteiger partial charge in [0, 0.05) is 13.1 Å². The van der Waals surface area contributed by atoms with Crippen molar-refractivity contribution in [2.45, 2.75) is 58.2 Å². The highest BCUT2D eigenvalue weighted by atomic mass is 16.5. The summed E-state index contributed by atoms with van der Waals surface area (Å²) < 4.78 is 5.80. The smallest absolute Gasteiger partial charge is 0.0963 e. The number of ether oxygens (including phenoxy) is 1. The molecule has 0 radical (unpaired) electrons. The lowest BCUT2D eigenvalue weighted by Crippen LogP contribution is -2.50. The number of rotatable bonds is 4. The average molecular weight is 255 g/mol. The van der Waals surface area contributed by atoms with Gasteiger partial charge in [-0.2, -0.15) is 0 Å². The van der Waals surface area contributed by atoms with Crippen LogP contribution in [0, 0.1) is 11.8 Å². The quantitative estimate of drug-likeness (QED) is 0.836. The SMILES string of the molecule is CCC1CCCC(C(O)C2CN(CC)CCO2)C1. The normalized spacial score (nSPS) is 36.5. The Hall–Kier alpha value is -0.120. The van der Waals surface area contributed by atoms with Gasteiger partial charge in [-0.15, -0.1) is 0 Å². The number of nitrogens with zero attached hydrogens (tertiary/aromatic N) is 1. The fourth-order valence-electron chi connectivity index (χ4n) is 3.54. The van der Waals surface area contributed by atoms with Crippen molar-refractivity contribution in [1.29, 1.82) is 0 Å². The molecule has 18 heavy (non-hydrogen) atoms. The van der Waals surface area contributed by atoms with E-state index in [1.807, 2.05) is 0 Å². The molecule has 3 nitrogen and oxygen atoms in total. The number of aliphatic hydroxyl groups is 1. The van der Waals surface area contributed by atoms with Gasteiger partial charge in [-0.25, -0.2) is 0 Å². The standard InChI is InChI=1S/C15H29NO2/c1-3-12-6-5-7-13(10-12)15(17)14-11-16(4-2)8-9-18-14/h12-15,17H,3-11H2,1-2H3. The maximum Gasteiger partial charge on any atom is 0.0963 e. The molecule has 2 rings (SSSR count). The molecular weight excluding hydrogens is 226 g/mol. The molecule has 1 aliphatic heterocycles. The van der Waals surface area contributed by atoms with Crippen LogP contribution < -0.4 is 0 Å². The van der Waals surface area contributed by atoms with Crippen LogP contribution in [0.5, 0.6) is 0 Å². The number of hydrogen-bond acceptors (Lipinski definition) is 3. The van der Waals surface area contributed by atoms with Gasteiger partial charge in [0.25, 0.3) is 0 Å². The summed E-state index contributed by atoms with van der Waals surface area (Å²) in [5, 5.41) is 10.6. The zero-order valence-electron chi connectivity index (χ0n) is 12.0. The van der Waals surface area contributed by atoms with Crippen LogP contribution in [0.2, 0.25) is 0 Å². The van der Waals surface area contributed by atoms with Crippen LogP contribution in [0.15, 0.2) is 0 Å². The predicted molar refractivity (Wildman–Crippen MR) is 73.6 cm³/mol. The van der Waals surface area contributed by atoms with Crippen LogP contribution >= 0.6 is 0 Å². The van der Waals surface area contributed by atoms with E-state index in [9.17, 15) is 5.11 Å². The Morgan fingerprint density at radius 1 is 1.33 bits per heavy atom. The summed E-state index contributed by atoms with van der Waals surface area (Å²) in [6.07, 6.45) is 6.06. The largest absolute Gasteiger partial charge is 0.390 e. The fourth-order valence-corrected chi connectivity index (χ4v) is 3.54. The summed E-state index contributed by atoms with van der Waals surface area (Å²) in [6.45, 7) is 8.22. The Balaban J connectivity index is 1.87. The first-order chi connectivity index (χ1) is 8.74. The maximum atomic E-state index is 10.6. The zero-order valence-corrected chi connectivity index (χ0v) is 12.0. The van der Waals surface area contributed by atoms with E-state index in [0.29, 0.717) is 5.92 Å². The van der Waals surface area contributed by atoms with Crippen LogP contribution in [0.1, 0.15) is 46.0 Å². The van der Waals surface area contributed by atoms with Crippen molar-refractivity contribution in [2.75, 3.05) is 26.2 Å². The molecule has 0 aromatic heterocycles. The first kappa shape index (κ1) is 14.3. The van der Waals surface area contributed by atoms with Gasteiger partial charge in [0.05, 0.1) is 18.8 Å². The summed E-state index contributed by atoms with van der Waals surface area (Å²) in [5.41, 5.74) is 0. The Morgan fingerprint density at radius 3 is 2.89 bits per heavy atom. The first-order valence-corrected chi connectivity index (χ1v) is 7.76. The average Bonchev–Trinajstić information content (AvgIpc) is 2.46. The predicted octanol–water partition coefficient (Wildman–Crippen LogP) is 2.28. The van der Waals surface area contributed by atoms with Crippen LogP contribution in [-0.4, -0.2) is 48.5 Å². The Labute approximate surface area is 112 Å². The van der Waals surface area contributed by atoms with Crippen molar-refractivity contribution >= 4 is 0 Å². The van der Waals surface area contributed by atoms with Crippen molar-refractivity contribution in [1.82, 2.24) is 4.90 Å². The molecule has 0 aromatic carbocycles. The third kappa shape index (κ3) is 3.46. The zero-order chi connectivity index (χ0) is 13.0. The van der Waals surface area contributed by atoms with E-state index in [0.717, 1.165) is 32.2 Å². The molecule has 1 heterocycles. The minimum atomic E-state index is -0.256. The second kappa shape index (κ2) is 6.88. The molecule has 4 unspecified atom stereocenters. The molecule has 2 fully saturated rings. The van der Waals surface area contributed by atoms with Gasteiger partial charge in [-0.05, 0) is 31.2 Å². The summed E-state index contributed by atoms with van der Waals surface area (Å²) in [4.78, 5) is 2.39. The number of hydrogen-bond donors (Lipinski definition) is 1. The van der Waals surface area contributed by atoms with E-state index in [-0.39, 0.29) is 12.2 Å². The summed E-state index contributed by atoms with van der Waals surface area (Å²) >= 11 is 0. The van der Waals surface area contributed by atoms with Gasteiger partial charge in [-0.1, -0.05) is 33.1 Å². The maximum absolute atomic E-state index is 10.6. The van der Waals surface area contributed by atoms with Crippen molar-refractivity contribution in [3.8, 4) is 0 Å². The first-order valence-electron chi connectivity index (χ1n) is 7.76. The lowest BCUT2D eigenvalue weighted by molar-refractivity contribution is -0.111. The molecule has 0 amide bonds. The van der Waals surface area contributed by atoms with E-state index in [1.165, 1.54) is 32.1 Å². The second-order valence-electron chi connectivity index (χ2n) is 5.99. The van der Waals surface area contributed by atoms with Gasteiger partial charge >= 0.3 is 0 Å². The van der Waals surface area contributed by atoms with E-state index in [4.69, 9.17) is 4.74 Å². The molecule has 1 N–H and O–H groups in total. The van der Waals surface area contributed by atoms with Crippen molar-refractivity contribution < 1.29 is 9.84 Å². The number of likely N-dealkylation sites (N-methyl/N-ethyl adjacent to an activating group) is 1.